The summed E-state index contributed by atoms with van der Waals surface area (Å²) in [5.41, 5.74) is 2.50. The maximum absolute atomic E-state index is 12.0. The van der Waals surface area contributed by atoms with Gasteiger partial charge in [-0.05, 0) is 25.5 Å². The number of aryl methyl sites for hydroxylation is 2. The number of nitrogens with zero attached hydrogens (tertiary/aromatic N) is 1. The Labute approximate surface area is 157 Å². The van der Waals surface area contributed by atoms with Crippen molar-refractivity contribution in [2.45, 2.75) is 27.7 Å². The third-order valence-electron chi connectivity index (χ3n) is 3.30. The van der Waals surface area contributed by atoms with Crippen LogP contribution in [0.5, 0.6) is 0 Å². The number of anilines is 1. The lowest BCUT2D eigenvalue weighted by Gasteiger charge is -2.24. The Kier molecular flexibility index (Phi) is 8.77. The molecule has 1 rings (SSSR count). The Morgan fingerprint density at radius 1 is 0.815 bits per heavy atom. The Morgan fingerprint density at radius 3 is 1.70 bits per heavy atom. The van der Waals surface area contributed by atoms with E-state index in [-0.39, 0.29) is 13.1 Å². The zero-order valence-corrected chi connectivity index (χ0v) is 15.8. The van der Waals surface area contributed by atoms with Gasteiger partial charge in [-0.1, -0.05) is 17.7 Å². The molecule has 0 heterocycles. The topological polar surface area (TPSA) is 108 Å². The third-order valence-corrected chi connectivity index (χ3v) is 3.30. The van der Waals surface area contributed by atoms with Gasteiger partial charge in [0.2, 0.25) is 13.6 Å². The summed E-state index contributed by atoms with van der Waals surface area (Å²) in [6.45, 7) is 4.58. The molecule has 0 amide bonds. The molecule has 0 saturated carbocycles. The summed E-state index contributed by atoms with van der Waals surface area (Å²) in [5.74, 6) is -2.54. The van der Waals surface area contributed by atoms with Crippen molar-refractivity contribution in [3.8, 4) is 0 Å². The van der Waals surface area contributed by atoms with E-state index in [4.69, 9.17) is 9.47 Å². The quantitative estimate of drug-likeness (QED) is 0.461. The van der Waals surface area contributed by atoms with Gasteiger partial charge in [-0.15, -0.1) is 0 Å². The van der Waals surface area contributed by atoms with Crippen LogP contribution >= 0.6 is 0 Å². The van der Waals surface area contributed by atoms with Crippen LogP contribution in [-0.2, 0) is 38.1 Å². The highest BCUT2D eigenvalue weighted by Crippen LogP contribution is 2.21. The molecule has 0 aliphatic rings. The first-order valence-corrected chi connectivity index (χ1v) is 8.09. The van der Waals surface area contributed by atoms with Crippen molar-refractivity contribution >= 4 is 29.6 Å². The zero-order valence-electron chi connectivity index (χ0n) is 15.8. The Balaban J connectivity index is 2.79. The predicted molar refractivity (Wildman–Crippen MR) is 93.6 cm³/mol. The number of carbonyl (C=O) groups excluding carboxylic acids is 4. The van der Waals surface area contributed by atoms with E-state index in [0.29, 0.717) is 5.69 Å². The Morgan fingerprint density at radius 2 is 1.30 bits per heavy atom. The minimum absolute atomic E-state index is 0.270. The van der Waals surface area contributed by atoms with Gasteiger partial charge in [0.25, 0.3) is 0 Å². The molecule has 0 unspecified atom stereocenters. The maximum Gasteiger partial charge on any atom is 0.328 e. The van der Waals surface area contributed by atoms with E-state index in [1.54, 1.807) is 6.07 Å². The number of ether oxygens (including phenoxy) is 4. The molecule has 0 aliphatic heterocycles. The van der Waals surface area contributed by atoms with Crippen LogP contribution in [0.1, 0.15) is 25.0 Å². The van der Waals surface area contributed by atoms with Gasteiger partial charge in [-0.25, -0.2) is 0 Å². The molecule has 0 N–H and O–H groups in total. The van der Waals surface area contributed by atoms with Gasteiger partial charge in [0, 0.05) is 19.5 Å². The van der Waals surface area contributed by atoms with Crippen LogP contribution in [0.2, 0.25) is 0 Å². The van der Waals surface area contributed by atoms with Gasteiger partial charge in [0.15, 0.2) is 0 Å². The number of hydrogen-bond acceptors (Lipinski definition) is 9. The van der Waals surface area contributed by atoms with Gasteiger partial charge < -0.3 is 23.8 Å². The monoisotopic (exact) mass is 381 g/mol. The van der Waals surface area contributed by atoms with Crippen molar-refractivity contribution in [1.82, 2.24) is 0 Å². The SMILES string of the molecule is CC(=O)OCOC(=O)CN(CC(=O)OCOC(C)=O)c1ccc(C)cc1C. The second kappa shape index (κ2) is 10.8. The van der Waals surface area contributed by atoms with E-state index in [1.807, 2.05) is 26.0 Å². The fourth-order valence-electron chi connectivity index (χ4n) is 2.15. The first-order chi connectivity index (χ1) is 12.7. The number of rotatable bonds is 9. The van der Waals surface area contributed by atoms with Gasteiger partial charge in [0.1, 0.15) is 13.1 Å². The molecule has 0 aromatic heterocycles. The average Bonchev–Trinajstić information content (AvgIpc) is 2.53. The molecule has 148 valence electrons. The van der Waals surface area contributed by atoms with Crippen LogP contribution < -0.4 is 4.90 Å². The molecule has 0 radical (unpaired) electrons. The molecule has 0 aliphatic carbocycles. The fourth-order valence-corrected chi connectivity index (χ4v) is 2.15. The summed E-state index contributed by atoms with van der Waals surface area (Å²) < 4.78 is 18.7. The highest BCUT2D eigenvalue weighted by Gasteiger charge is 2.19. The largest absolute Gasteiger partial charge is 0.428 e. The average molecular weight is 381 g/mol. The number of benzene rings is 1. The summed E-state index contributed by atoms with van der Waals surface area (Å²) in [6.07, 6.45) is 0. The summed E-state index contributed by atoms with van der Waals surface area (Å²) in [6, 6.07) is 5.50. The zero-order chi connectivity index (χ0) is 20.4. The molecule has 0 atom stereocenters. The van der Waals surface area contributed by atoms with Crippen LogP contribution in [-0.4, -0.2) is 50.6 Å². The minimum Gasteiger partial charge on any atom is -0.428 e. The van der Waals surface area contributed by atoms with Crippen molar-refractivity contribution in [3.05, 3.63) is 29.3 Å². The van der Waals surface area contributed by atoms with Crippen LogP contribution in [0.3, 0.4) is 0 Å². The Hall–Kier alpha value is -3.10. The van der Waals surface area contributed by atoms with E-state index in [0.717, 1.165) is 11.1 Å². The van der Waals surface area contributed by atoms with Gasteiger partial charge >= 0.3 is 23.9 Å². The molecule has 0 saturated heterocycles. The summed E-state index contributed by atoms with van der Waals surface area (Å²) >= 11 is 0. The van der Waals surface area contributed by atoms with E-state index in [1.165, 1.54) is 18.7 Å². The van der Waals surface area contributed by atoms with Crippen LogP contribution in [0.25, 0.3) is 0 Å². The Bertz CT molecular complexity index is 667. The standard InChI is InChI=1S/C18H23NO8/c1-12-5-6-16(13(2)7-12)19(8-17(22)26-10-24-14(3)20)9-18(23)27-11-25-15(4)21/h5-7H,8-11H2,1-4H3. The normalized spacial score (nSPS) is 9.93. The minimum atomic E-state index is -0.691. The molecule has 9 nitrogen and oxygen atoms in total. The molecule has 0 bridgehead atoms. The van der Waals surface area contributed by atoms with Crippen LogP contribution in [0.4, 0.5) is 5.69 Å². The van der Waals surface area contributed by atoms with Crippen LogP contribution in [0, 0.1) is 13.8 Å². The first kappa shape index (κ1) is 21.9. The second-order valence-corrected chi connectivity index (χ2v) is 5.69. The lowest BCUT2D eigenvalue weighted by atomic mass is 10.1. The summed E-state index contributed by atoms with van der Waals surface area (Å²) in [5, 5.41) is 0. The van der Waals surface area contributed by atoms with Gasteiger partial charge in [0.05, 0.1) is 0 Å². The molecule has 9 heteroatoms. The van der Waals surface area contributed by atoms with Gasteiger partial charge in [-0.2, -0.15) is 0 Å². The lowest BCUT2D eigenvalue weighted by molar-refractivity contribution is -0.165. The van der Waals surface area contributed by atoms with Crippen molar-refractivity contribution in [1.29, 1.82) is 0 Å². The number of esters is 4. The highest BCUT2D eigenvalue weighted by molar-refractivity contribution is 5.82. The first-order valence-electron chi connectivity index (χ1n) is 8.09. The molecular formula is C18H23NO8. The van der Waals surface area contributed by atoms with Crippen molar-refractivity contribution in [2.24, 2.45) is 0 Å². The highest BCUT2D eigenvalue weighted by atomic mass is 16.7. The summed E-state index contributed by atoms with van der Waals surface area (Å²) in [7, 11) is 0. The molecule has 1 aromatic rings. The molecule has 27 heavy (non-hydrogen) atoms. The van der Waals surface area contributed by atoms with E-state index in [2.05, 4.69) is 9.47 Å². The van der Waals surface area contributed by atoms with E-state index < -0.39 is 37.5 Å². The maximum atomic E-state index is 12.0. The predicted octanol–water partition coefficient (Wildman–Crippen LogP) is 1.24. The van der Waals surface area contributed by atoms with Crippen LogP contribution in [0.15, 0.2) is 18.2 Å². The lowest BCUT2D eigenvalue weighted by Crippen LogP contribution is -2.37. The van der Waals surface area contributed by atoms with Crippen molar-refractivity contribution < 1.29 is 38.1 Å². The molecule has 0 spiro atoms. The fraction of sp³-hybridized carbons (Fsp3) is 0.444. The smallest absolute Gasteiger partial charge is 0.328 e. The molecular weight excluding hydrogens is 358 g/mol. The van der Waals surface area contributed by atoms with E-state index in [9.17, 15) is 19.2 Å². The van der Waals surface area contributed by atoms with Crippen molar-refractivity contribution in [3.63, 3.8) is 0 Å². The second-order valence-electron chi connectivity index (χ2n) is 5.69. The number of hydrogen-bond donors (Lipinski definition) is 0. The van der Waals surface area contributed by atoms with E-state index >= 15 is 0 Å². The summed E-state index contributed by atoms with van der Waals surface area (Å²) in [4.78, 5) is 46.9. The van der Waals surface area contributed by atoms with Crippen molar-refractivity contribution in [2.75, 3.05) is 31.6 Å². The number of carbonyl (C=O) groups is 4. The van der Waals surface area contributed by atoms with Gasteiger partial charge in [-0.3, -0.25) is 19.2 Å². The third kappa shape index (κ3) is 8.70. The molecule has 0 fully saturated rings. The molecule has 1 aromatic carbocycles.